The van der Waals surface area contributed by atoms with Crippen molar-refractivity contribution in [3.63, 3.8) is 0 Å². The van der Waals surface area contributed by atoms with Crippen LogP contribution < -0.4 is 5.32 Å². The molecule has 0 aromatic heterocycles. The molecule has 2 N–H and O–H groups in total. The molecule has 1 aliphatic heterocycles. The van der Waals surface area contributed by atoms with Gasteiger partial charge in [0.05, 0.1) is 6.61 Å². The van der Waals surface area contributed by atoms with Gasteiger partial charge in [-0.15, -0.1) is 0 Å². The van der Waals surface area contributed by atoms with E-state index in [0.717, 1.165) is 5.56 Å². The van der Waals surface area contributed by atoms with E-state index in [1.165, 1.54) is 13.8 Å². The van der Waals surface area contributed by atoms with Crippen molar-refractivity contribution in [1.82, 2.24) is 5.32 Å². The van der Waals surface area contributed by atoms with Crippen molar-refractivity contribution in [2.45, 2.75) is 52.0 Å². The molecule has 0 radical (unpaired) electrons. The molecule has 0 bridgehead atoms. The molecule has 1 aliphatic rings. The monoisotopic (exact) mass is 435 g/mol. The Morgan fingerprint density at radius 3 is 2.29 bits per heavy atom. The van der Waals surface area contributed by atoms with Crippen LogP contribution in [0.1, 0.15) is 39.2 Å². The van der Waals surface area contributed by atoms with Crippen molar-refractivity contribution in [2.75, 3.05) is 6.61 Å². The number of amides is 1. The molecule has 1 amide bonds. The van der Waals surface area contributed by atoms with Crippen LogP contribution in [0.4, 0.5) is 4.79 Å². The number of ether oxygens (including phenoxy) is 4. The van der Waals surface area contributed by atoms with E-state index >= 15 is 0 Å². The van der Waals surface area contributed by atoms with Crippen molar-refractivity contribution in [2.24, 2.45) is 0 Å². The van der Waals surface area contributed by atoms with Gasteiger partial charge in [0.1, 0.15) is 18.4 Å². The van der Waals surface area contributed by atoms with Gasteiger partial charge in [-0.1, -0.05) is 30.3 Å². The molecule has 168 valence electrons. The number of esters is 3. The minimum absolute atomic E-state index is 0.0263. The van der Waals surface area contributed by atoms with Gasteiger partial charge in [-0.3, -0.25) is 0 Å². The fourth-order valence-electron chi connectivity index (χ4n) is 2.69. The van der Waals surface area contributed by atoms with Gasteiger partial charge in [-0.05, 0) is 18.9 Å². The Morgan fingerprint density at radius 2 is 1.71 bits per heavy atom. The average Bonchev–Trinajstić information content (AvgIpc) is 2.68. The van der Waals surface area contributed by atoms with Crippen molar-refractivity contribution in [3.8, 4) is 0 Å². The van der Waals surface area contributed by atoms with E-state index in [-0.39, 0.29) is 26.1 Å². The van der Waals surface area contributed by atoms with E-state index in [1.54, 1.807) is 31.2 Å². The van der Waals surface area contributed by atoms with E-state index in [0.29, 0.717) is 0 Å². The standard InChI is InChI=1S/C21H25NO9/c1-4-28-20(27)22-14(17(24)29-12-13-8-6-5-7-9-13)10-11-15(23)16-18(25)30-21(2,3)31-19(16)26/h5-9,14,23H,4,10-12H2,1-3H3,(H,22,27)/t14-/m0/s1. The summed E-state index contributed by atoms with van der Waals surface area (Å²) in [5, 5.41) is 12.6. The average molecular weight is 435 g/mol. The molecule has 0 saturated carbocycles. The van der Waals surface area contributed by atoms with Gasteiger partial charge >= 0.3 is 24.0 Å². The van der Waals surface area contributed by atoms with Crippen LogP contribution in [0.25, 0.3) is 0 Å². The number of carbonyl (C=O) groups is 4. The quantitative estimate of drug-likeness (QED) is 0.207. The molecule has 1 aromatic carbocycles. The van der Waals surface area contributed by atoms with Gasteiger partial charge in [0, 0.05) is 20.3 Å². The van der Waals surface area contributed by atoms with Gasteiger partial charge < -0.3 is 29.4 Å². The topological polar surface area (TPSA) is 137 Å². The van der Waals surface area contributed by atoms with Crippen molar-refractivity contribution < 1.29 is 43.2 Å². The molecule has 1 atom stereocenters. The molecular weight excluding hydrogens is 410 g/mol. The fourth-order valence-corrected chi connectivity index (χ4v) is 2.69. The summed E-state index contributed by atoms with van der Waals surface area (Å²) in [7, 11) is 0. The normalized spacial score (nSPS) is 15.9. The first-order chi connectivity index (χ1) is 14.6. The second-order valence-electron chi connectivity index (χ2n) is 7.05. The predicted octanol–water partition coefficient (Wildman–Crippen LogP) is 2.27. The first-order valence-electron chi connectivity index (χ1n) is 9.65. The Labute approximate surface area is 179 Å². The minimum Gasteiger partial charge on any atom is -0.511 e. The van der Waals surface area contributed by atoms with E-state index in [2.05, 4.69) is 5.32 Å². The lowest BCUT2D eigenvalue weighted by Gasteiger charge is -2.30. The van der Waals surface area contributed by atoms with Crippen LogP contribution in [0.5, 0.6) is 0 Å². The zero-order valence-electron chi connectivity index (χ0n) is 17.5. The van der Waals surface area contributed by atoms with Crippen LogP contribution >= 0.6 is 0 Å². The number of allylic oxidation sites excluding steroid dienone is 1. The van der Waals surface area contributed by atoms with E-state index in [1.807, 2.05) is 6.07 Å². The first kappa shape index (κ1) is 23.7. The number of hydrogen-bond acceptors (Lipinski definition) is 9. The summed E-state index contributed by atoms with van der Waals surface area (Å²) in [5.41, 5.74) is 0.0814. The lowest BCUT2D eigenvalue weighted by Crippen LogP contribution is -2.43. The third-order valence-corrected chi connectivity index (χ3v) is 4.12. The Hall–Kier alpha value is -3.56. The summed E-state index contributed by atoms with van der Waals surface area (Å²) in [6.07, 6.45) is -1.34. The molecule has 0 spiro atoms. The van der Waals surface area contributed by atoms with Crippen molar-refractivity contribution in [1.29, 1.82) is 0 Å². The van der Waals surface area contributed by atoms with Crippen molar-refractivity contribution in [3.05, 3.63) is 47.2 Å². The third kappa shape index (κ3) is 7.02. The molecule has 1 aromatic rings. The maximum atomic E-state index is 12.5. The van der Waals surface area contributed by atoms with Crippen LogP contribution in [0.3, 0.4) is 0 Å². The highest BCUT2D eigenvalue weighted by Crippen LogP contribution is 2.25. The van der Waals surface area contributed by atoms with E-state index in [9.17, 15) is 24.3 Å². The molecule has 1 saturated heterocycles. The number of carbonyl (C=O) groups excluding carboxylic acids is 4. The van der Waals surface area contributed by atoms with Gasteiger partial charge in [0.2, 0.25) is 0 Å². The van der Waals surface area contributed by atoms with Crippen LogP contribution in [-0.2, 0) is 39.9 Å². The summed E-state index contributed by atoms with van der Waals surface area (Å²) in [6.45, 7) is 4.40. The number of alkyl carbamates (subject to hydrolysis) is 1. The van der Waals surface area contributed by atoms with Crippen molar-refractivity contribution >= 4 is 24.0 Å². The first-order valence-corrected chi connectivity index (χ1v) is 9.65. The van der Waals surface area contributed by atoms with E-state index < -0.39 is 47.2 Å². The number of aliphatic hydroxyl groups excluding tert-OH is 1. The lowest BCUT2D eigenvalue weighted by molar-refractivity contribution is -0.222. The summed E-state index contributed by atoms with van der Waals surface area (Å²) < 4.78 is 19.9. The molecule has 1 fully saturated rings. The fraction of sp³-hybridized carbons (Fsp3) is 0.429. The number of rotatable bonds is 8. The lowest BCUT2D eigenvalue weighted by atomic mass is 10.1. The van der Waals surface area contributed by atoms with Crippen LogP contribution in [0, 0.1) is 0 Å². The summed E-state index contributed by atoms with van der Waals surface area (Å²) in [4.78, 5) is 48.4. The zero-order valence-corrected chi connectivity index (χ0v) is 17.5. The molecule has 10 nitrogen and oxygen atoms in total. The number of cyclic esters (lactones) is 2. The van der Waals surface area contributed by atoms with Gasteiger partial charge in [0.15, 0.2) is 5.57 Å². The summed E-state index contributed by atoms with van der Waals surface area (Å²) in [6, 6.07) is 7.71. The highest BCUT2D eigenvalue weighted by molar-refractivity contribution is 6.15. The summed E-state index contributed by atoms with van der Waals surface area (Å²) in [5.74, 6) is -4.94. The molecule has 0 aliphatic carbocycles. The maximum Gasteiger partial charge on any atom is 0.407 e. The molecular formula is C21H25NO9. The number of nitrogens with one attached hydrogen (secondary N) is 1. The number of benzene rings is 1. The number of hydrogen-bond donors (Lipinski definition) is 2. The molecule has 0 unspecified atom stereocenters. The highest BCUT2D eigenvalue weighted by Gasteiger charge is 2.41. The van der Waals surface area contributed by atoms with Gasteiger partial charge in [-0.25, -0.2) is 19.2 Å². The second kappa shape index (κ2) is 10.5. The molecule has 2 rings (SSSR count). The SMILES string of the molecule is CCOC(=O)N[C@@H](CCC(O)=C1C(=O)OC(C)(C)OC1=O)C(=O)OCc1ccccc1. The third-order valence-electron chi connectivity index (χ3n) is 4.12. The minimum atomic E-state index is -1.45. The second-order valence-corrected chi connectivity index (χ2v) is 7.05. The van der Waals surface area contributed by atoms with Gasteiger partial charge in [-0.2, -0.15) is 0 Å². The Balaban J connectivity index is 2.07. The largest absolute Gasteiger partial charge is 0.511 e. The molecule has 10 heteroatoms. The highest BCUT2D eigenvalue weighted by atomic mass is 16.7. The molecule has 1 heterocycles. The zero-order chi connectivity index (χ0) is 23.0. The summed E-state index contributed by atoms with van der Waals surface area (Å²) >= 11 is 0. The Kier molecular flexibility index (Phi) is 8.00. The predicted molar refractivity (Wildman–Crippen MR) is 105 cm³/mol. The van der Waals surface area contributed by atoms with Crippen LogP contribution in [0.2, 0.25) is 0 Å². The number of aliphatic hydroxyl groups is 1. The molecule has 31 heavy (non-hydrogen) atoms. The van der Waals surface area contributed by atoms with Crippen LogP contribution in [0.15, 0.2) is 41.7 Å². The van der Waals surface area contributed by atoms with Crippen LogP contribution in [-0.4, -0.2) is 47.5 Å². The Morgan fingerprint density at radius 1 is 1.10 bits per heavy atom. The Bertz CT molecular complexity index is 839. The van der Waals surface area contributed by atoms with E-state index in [4.69, 9.17) is 18.9 Å². The maximum absolute atomic E-state index is 12.5. The smallest absolute Gasteiger partial charge is 0.407 e. The van der Waals surface area contributed by atoms with Gasteiger partial charge in [0.25, 0.3) is 5.79 Å².